The maximum absolute atomic E-state index is 11.6. The molecule has 0 radical (unpaired) electrons. The lowest BCUT2D eigenvalue weighted by atomic mass is 10.1. The van der Waals surface area contributed by atoms with Crippen LogP contribution in [0.5, 0.6) is 0 Å². The number of halogens is 2. The van der Waals surface area contributed by atoms with Crippen molar-refractivity contribution in [1.82, 2.24) is 4.98 Å². The SMILES string of the molecule is CC(C)C(=O)Nc1ccc(NCCc2ccc(Cl)cc2Cl)nc1. The Labute approximate surface area is 146 Å². The molecule has 1 heterocycles. The van der Waals surface area contributed by atoms with Crippen LogP contribution in [-0.2, 0) is 11.2 Å². The average Bonchev–Trinajstić information content (AvgIpc) is 2.51. The molecule has 0 saturated carbocycles. The van der Waals surface area contributed by atoms with Gasteiger partial charge >= 0.3 is 0 Å². The van der Waals surface area contributed by atoms with Gasteiger partial charge in [0.05, 0.1) is 11.9 Å². The van der Waals surface area contributed by atoms with Crippen molar-refractivity contribution < 1.29 is 4.79 Å². The summed E-state index contributed by atoms with van der Waals surface area (Å²) >= 11 is 12.0. The van der Waals surface area contributed by atoms with Crippen LogP contribution in [0.1, 0.15) is 19.4 Å². The van der Waals surface area contributed by atoms with Crippen molar-refractivity contribution in [2.75, 3.05) is 17.2 Å². The van der Waals surface area contributed by atoms with Gasteiger partial charge in [-0.1, -0.05) is 43.1 Å². The summed E-state index contributed by atoms with van der Waals surface area (Å²) in [4.78, 5) is 15.9. The number of nitrogens with one attached hydrogen (secondary N) is 2. The van der Waals surface area contributed by atoms with Crippen LogP contribution in [0.2, 0.25) is 10.0 Å². The third kappa shape index (κ3) is 5.41. The molecular formula is C17H19Cl2N3O. The molecule has 0 saturated heterocycles. The summed E-state index contributed by atoms with van der Waals surface area (Å²) < 4.78 is 0. The van der Waals surface area contributed by atoms with Crippen LogP contribution < -0.4 is 10.6 Å². The van der Waals surface area contributed by atoms with E-state index in [0.29, 0.717) is 22.3 Å². The molecule has 0 unspecified atom stereocenters. The van der Waals surface area contributed by atoms with Crippen LogP contribution in [0.4, 0.5) is 11.5 Å². The molecular weight excluding hydrogens is 333 g/mol. The Morgan fingerprint density at radius 3 is 2.61 bits per heavy atom. The molecule has 122 valence electrons. The lowest BCUT2D eigenvalue weighted by Gasteiger charge is -2.10. The molecule has 0 aliphatic rings. The Morgan fingerprint density at radius 1 is 1.22 bits per heavy atom. The highest BCUT2D eigenvalue weighted by molar-refractivity contribution is 6.35. The Kier molecular flexibility index (Phi) is 6.25. The molecule has 6 heteroatoms. The summed E-state index contributed by atoms with van der Waals surface area (Å²) in [5, 5.41) is 7.32. The van der Waals surface area contributed by atoms with Crippen molar-refractivity contribution in [2.45, 2.75) is 20.3 Å². The minimum absolute atomic E-state index is 0.0233. The van der Waals surface area contributed by atoms with Gasteiger partial charge in [-0.05, 0) is 36.2 Å². The van der Waals surface area contributed by atoms with Gasteiger partial charge < -0.3 is 10.6 Å². The Morgan fingerprint density at radius 2 is 2.00 bits per heavy atom. The molecule has 23 heavy (non-hydrogen) atoms. The van der Waals surface area contributed by atoms with Crippen LogP contribution in [0, 0.1) is 5.92 Å². The fourth-order valence-corrected chi connectivity index (χ4v) is 2.41. The molecule has 2 rings (SSSR count). The van der Waals surface area contributed by atoms with E-state index in [1.165, 1.54) is 0 Å². The number of hydrogen-bond donors (Lipinski definition) is 2. The van der Waals surface area contributed by atoms with Crippen molar-refractivity contribution in [3.8, 4) is 0 Å². The summed E-state index contributed by atoms with van der Waals surface area (Å²) in [5.41, 5.74) is 1.72. The molecule has 0 fully saturated rings. The van der Waals surface area contributed by atoms with E-state index >= 15 is 0 Å². The van der Waals surface area contributed by atoms with Gasteiger partial charge in [-0.25, -0.2) is 4.98 Å². The standard InChI is InChI=1S/C17H19Cl2N3O/c1-11(2)17(23)22-14-5-6-16(21-10-14)20-8-7-12-3-4-13(18)9-15(12)19/h3-6,9-11H,7-8H2,1-2H3,(H,20,21)(H,22,23). The number of rotatable bonds is 6. The van der Waals surface area contributed by atoms with Gasteiger partial charge in [0.2, 0.25) is 5.91 Å². The van der Waals surface area contributed by atoms with E-state index in [0.717, 1.165) is 17.8 Å². The number of anilines is 2. The van der Waals surface area contributed by atoms with Crippen molar-refractivity contribution in [2.24, 2.45) is 5.92 Å². The zero-order chi connectivity index (χ0) is 16.8. The summed E-state index contributed by atoms with van der Waals surface area (Å²) in [6, 6.07) is 9.14. The van der Waals surface area contributed by atoms with Crippen molar-refractivity contribution >= 4 is 40.6 Å². The Bertz CT molecular complexity index is 672. The normalized spacial score (nSPS) is 10.7. The maximum Gasteiger partial charge on any atom is 0.226 e. The summed E-state index contributed by atoms with van der Waals surface area (Å²) in [6.07, 6.45) is 2.40. The van der Waals surface area contributed by atoms with Gasteiger partial charge in [0.25, 0.3) is 0 Å². The van der Waals surface area contributed by atoms with E-state index < -0.39 is 0 Å². The third-order valence-electron chi connectivity index (χ3n) is 3.27. The highest BCUT2D eigenvalue weighted by Crippen LogP contribution is 2.21. The quantitative estimate of drug-likeness (QED) is 0.797. The lowest BCUT2D eigenvalue weighted by Crippen LogP contribution is -2.17. The molecule has 0 spiro atoms. The molecule has 0 atom stereocenters. The van der Waals surface area contributed by atoms with E-state index in [4.69, 9.17) is 23.2 Å². The summed E-state index contributed by atoms with van der Waals surface area (Å²) in [5.74, 6) is 0.666. The van der Waals surface area contributed by atoms with Crippen LogP contribution >= 0.6 is 23.2 Å². The Balaban J connectivity index is 1.85. The van der Waals surface area contributed by atoms with Gasteiger partial charge in [0.15, 0.2) is 0 Å². The summed E-state index contributed by atoms with van der Waals surface area (Å²) in [6.45, 7) is 4.40. The van der Waals surface area contributed by atoms with E-state index in [2.05, 4.69) is 15.6 Å². The summed E-state index contributed by atoms with van der Waals surface area (Å²) in [7, 11) is 0. The number of pyridine rings is 1. The van der Waals surface area contributed by atoms with Crippen molar-refractivity contribution in [3.63, 3.8) is 0 Å². The zero-order valence-corrected chi connectivity index (χ0v) is 14.6. The first-order valence-electron chi connectivity index (χ1n) is 7.40. The highest BCUT2D eigenvalue weighted by Gasteiger charge is 2.07. The monoisotopic (exact) mass is 351 g/mol. The predicted molar refractivity (Wildman–Crippen MR) is 96.4 cm³/mol. The number of carbonyl (C=O) groups is 1. The van der Waals surface area contributed by atoms with Gasteiger partial charge in [-0.2, -0.15) is 0 Å². The molecule has 2 aromatic rings. The molecule has 0 aliphatic heterocycles. The fourth-order valence-electron chi connectivity index (χ4n) is 1.91. The van der Waals surface area contributed by atoms with Crippen LogP contribution in [-0.4, -0.2) is 17.4 Å². The first-order chi connectivity index (χ1) is 11.0. The van der Waals surface area contributed by atoms with Gasteiger partial charge in [0.1, 0.15) is 5.82 Å². The lowest BCUT2D eigenvalue weighted by molar-refractivity contribution is -0.118. The second-order valence-electron chi connectivity index (χ2n) is 5.49. The fraction of sp³-hybridized carbons (Fsp3) is 0.294. The number of hydrogen-bond acceptors (Lipinski definition) is 3. The first kappa shape index (κ1) is 17.6. The molecule has 2 N–H and O–H groups in total. The second-order valence-corrected chi connectivity index (χ2v) is 6.33. The molecule has 1 amide bonds. The number of aromatic nitrogens is 1. The third-order valence-corrected chi connectivity index (χ3v) is 3.86. The molecule has 4 nitrogen and oxygen atoms in total. The number of benzene rings is 1. The largest absolute Gasteiger partial charge is 0.370 e. The zero-order valence-electron chi connectivity index (χ0n) is 13.1. The molecule has 0 bridgehead atoms. The van der Waals surface area contributed by atoms with E-state index in [1.807, 2.05) is 38.1 Å². The predicted octanol–water partition coefficient (Wildman–Crippen LogP) is 4.64. The number of carbonyl (C=O) groups excluding carboxylic acids is 1. The van der Waals surface area contributed by atoms with Crippen molar-refractivity contribution in [3.05, 3.63) is 52.1 Å². The molecule has 1 aromatic heterocycles. The minimum atomic E-state index is -0.0584. The van der Waals surface area contributed by atoms with E-state index in [-0.39, 0.29) is 11.8 Å². The minimum Gasteiger partial charge on any atom is -0.370 e. The smallest absolute Gasteiger partial charge is 0.226 e. The van der Waals surface area contributed by atoms with Gasteiger partial charge in [-0.3, -0.25) is 4.79 Å². The molecule has 0 aliphatic carbocycles. The van der Waals surface area contributed by atoms with E-state index in [1.54, 1.807) is 12.3 Å². The van der Waals surface area contributed by atoms with Crippen LogP contribution in [0.25, 0.3) is 0 Å². The topological polar surface area (TPSA) is 54.0 Å². The van der Waals surface area contributed by atoms with Gasteiger partial charge in [0, 0.05) is 22.5 Å². The van der Waals surface area contributed by atoms with E-state index in [9.17, 15) is 4.79 Å². The Hall–Kier alpha value is -1.78. The first-order valence-corrected chi connectivity index (χ1v) is 8.16. The van der Waals surface area contributed by atoms with Crippen LogP contribution in [0.15, 0.2) is 36.5 Å². The van der Waals surface area contributed by atoms with Gasteiger partial charge in [-0.15, -0.1) is 0 Å². The second kappa shape index (κ2) is 8.18. The van der Waals surface area contributed by atoms with Crippen LogP contribution in [0.3, 0.4) is 0 Å². The average molecular weight is 352 g/mol. The van der Waals surface area contributed by atoms with Crippen molar-refractivity contribution in [1.29, 1.82) is 0 Å². The maximum atomic E-state index is 11.6. The number of amides is 1. The number of nitrogens with zero attached hydrogens (tertiary/aromatic N) is 1. The molecule has 1 aromatic carbocycles. The highest BCUT2D eigenvalue weighted by atomic mass is 35.5.